The van der Waals surface area contributed by atoms with Crippen molar-refractivity contribution in [2.24, 2.45) is 0 Å². The lowest BCUT2D eigenvalue weighted by Gasteiger charge is -2.14. The van der Waals surface area contributed by atoms with E-state index in [0.29, 0.717) is 29.7 Å². The molecule has 6 heteroatoms. The normalized spacial score (nSPS) is 14.9. The van der Waals surface area contributed by atoms with Crippen LogP contribution in [0.2, 0.25) is 0 Å². The van der Waals surface area contributed by atoms with Crippen molar-refractivity contribution in [1.82, 2.24) is 10.3 Å². The minimum absolute atomic E-state index is 0.334. The van der Waals surface area contributed by atoms with E-state index in [1.54, 1.807) is 24.3 Å². The van der Waals surface area contributed by atoms with Crippen LogP contribution in [-0.2, 0) is 9.53 Å². The Morgan fingerprint density at radius 3 is 2.61 bits per heavy atom. The summed E-state index contributed by atoms with van der Waals surface area (Å²) in [6.07, 6.45) is 2.55. The third-order valence-electron chi connectivity index (χ3n) is 3.82. The zero-order chi connectivity index (χ0) is 16.4. The van der Waals surface area contributed by atoms with Crippen molar-refractivity contribution in [2.75, 3.05) is 7.11 Å². The van der Waals surface area contributed by atoms with Crippen molar-refractivity contribution in [3.63, 3.8) is 0 Å². The lowest BCUT2D eigenvalue weighted by molar-refractivity contribution is -0.144. The van der Waals surface area contributed by atoms with E-state index in [9.17, 15) is 14.0 Å². The molecule has 5 nitrogen and oxygen atoms in total. The Labute approximate surface area is 132 Å². The fourth-order valence-electron chi connectivity index (χ4n) is 2.34. The van der Waals surface area contributed by atoms with Gasteiger partial charge in [-0.25, -0.2) is 9.18 Å². The number of carbonyl (C=O) groups excluding carboxylic acids is 2. The number of methoxy groups -OCH3 is 1. The number of rotatable bonds is 4. The molecule has 1 aliphatic rings. The summed E-state index contributed by atoms with van der Waals surface area (Å²) in [6, 6.07) is 9.30. The molecule has 1 fully saturated rings. The molecule has 2 aromatic rings. The maximum atomic E-state index is 13.2. The number of ether oxygens (including phenoxy) is 1. The Morgan fingerprint density at radius 1 is 1.26 bits per heavy atom. The largest absolute Gasteiger partial charge is 0.467 e. The molecular weight excluding hydrogens is 299 g/mol. The number of aromatic nitrogens is 1. The highest BCUT2D eigenvalue weighted by molar-refractivity contribution is 5.99. The average Bonchev–Trinajstić information content (AvgIpc) is 3.35. The van der Waals surface area contributed by atoms with Crippen LogP contribution in [0.4, 0.5) is 4.39 Å². The smallest absolute Gasteiger partial charge is 0.331 e. The number of amides is 1. The Bertz CT molecular complexity index is 755. The number of benzene rings is 1. The molecule has 118 valence electrons. The quantitative estimate of drug-likeness (QED) is 0.880. The van der Waals surface area contributed by atoms with Crippen LogP contribution in [-0.4, -0.2) is 29.5 Å². The van der Waals surface area contributed by atoms with Gasteiger partial charge in [0.1, 0.15) is 11.4 Å². The third kappa shape index (κ3) is 3.06. The molecule has 0 bridgehead atoms. The molecule has 23 heavy (non-hydrogen) atoms. The van der Waals surface area contributed by atoms with Crippen molar-refractivity contribution in [2.45, 2.75) is 18.4 Å². The first-order valence-electron chi connectivity index (χ1n) is 7.17. The number of hydrogen-bond donors (Lipinski definition) is 1. The average molecular weight is 314 g/mol. The van der Waals surface area contributed by atoms with Gasteiger partial charge in [-0.3, -0.25) is 9.78 Å². The molecule has 0 spiro atoms. The molecule has 1 N–H and O–H groups in total. The van der Waals surface area contributed by atoms with Crippen LogP contribution in [0, 0.1) is 5.82 Å². The number of carbonyl (C=O) groups is 2. The number of nitrogens with zero attached hydrogens (tertiary/aromatic N) is 1. The zero-order valence-corrected chi connectivity index (χ0v) is 12.5. The highest BCUT2D eigenvalue weighted by Gasteiger charge is 2.52. The maximum absolute atomic E-state index is 13.2. The van der Waals surface area contributed by atoms with Crippen LogP contribution in [0.15, 0.2) is 42.6 Å². The summed E-state index contributed by atoms with van der Waals surface area (Å²) in [6.45, 7) is 0. The van der Waals surface area contributed by atoms with Gasteiger partial charge in [-0.15, -0.1) is 0 Å². The Kier molecular flexibility index (Phi) is 3.82. The first-order chi connectivity index (χ1) is 11.0. The van der Waals surface area contributed by atoms with Crippen LogP contribution in [0.1, 0.15) is 23.2 Å². The maximum Gasteiger partial charge on any atom is 0.331 e. The van der Waals surface area contributed by atoms with Crippen LogP contribution in [0.5, 0.6) is 0 Å². The molecule has 3 rings (SSSR count). The van der Waals surface area contributed by atoms with E-state index in [0.717, 1.165) is 0 Å². The summed E-state index contributed by atoms with van der Waals surface area (Å²) in [5, 5.41) is 2.69. The van der Waals surface area contributed by atoms with Gasteiger partial charge in [-0.05, 0) is 37.1 Å². The van der Waals surface area contributed by atoms with Crippen molar-refractivity contribution < 1.29 is 18.7 Å². The highest BCUT2D eigenvalue weighted by atomic mass is 19.1. The van der Waals surface area contributed by atoms with Gasteiger partial charge >= 0.3 is 5.97 Å². The summed E-state index contributed by atoms with van der Waals surface area (Å²) in [7, 11) is 1.30. The fraction of sp³-hybridized carbons (Fsp3) is 0.235. The number of halogens is 1. The summed E-state index contributed by atoms with van der Waals surface area (Å²) in [5.41, 5.74) is 0.633. The molecular formula is C17H15FN2O3. The summed E-state index contributed by atoms with van der Waals surface area (Å²) < 4.78 is 17.9. The Morgan fingerprint density at radius 2 is 2.04 bits per heavy atom. The first-order valence-corrected chi connectivity index (χ1v) is 7.17. The second-order valence-electron chi connectivity index (χ2n) is 5.47. The van der Waals surface area contributed by atoms with E-state index in [1.807, 2.05) is 0 Å². The molecule has 0 atom stereocenters. The first kappa shape index (κ1) is 15.1. The van der Waals surface area contributed by atoms with Crippen molar-refractivity contribution in [1.29, 1.82) is 0 Å². The van der Waals surface area contributed by atoms with Crippen molar-refractivity contribution in [3.05, 3.63) is 54.0 Å². The van der Waals surface area contributed by atoms with Gasteiger partial charge in [0.25, 0.3) is 5.91 Å². The number of hydrogen-bond acceptors (Lipinski definition) is 4. The number of nitrogens with one attached hydrogen (secondary N) is 1. The lowest BCUT2D eigenvalue weighted by Crippen LogP contribution is -2.43. The third-order valence-corrected chi connectivity index (χ3v) is 3.82. The highest BCUT2D eigenvalue weighted by Crippen LogP contribution is 2.36. The van der Waals surface area contributed by atoms with E-state index >= 15 is 0 Å². The molecule has 0 aliphatic heterocycles. The predicted molar refractivity (Wildman–Crippen MR) is 81.1 cm³/mol. The molecule has 1 amide bonds. The van der Waals surface area contributed by atoms with Crippen LogP contribution in [0.3, 0.4) is 0 Å². The summed E-state index contributed by atoms with van der Waals surface area (Å²) in [4.78, 5) is 28.0. The fourth-order valence-corrected chi connectivity index (χ4v) is 2.34. The Balaban J connectivity index is 1.75. The van der Waals surface area contributed by atoms with Gasteiger partial charge in [-0.2, -0.15) is 0 Å². The van der Waals surface area contributed by atoms with Gasteiger partial charge in [0.15, 0.2) is 0 Å². The molecule has 0 saturated heterocycles. The van der Waals surface area contributed by atoms with Gasteiger partial charge in [0.2, 0.25) is 0 Å². The van der Waals surface area contributed by atoms with Crippen LogP contribution in [0.25, 0.3) is 11.3 Å². The summed E-state index contributed by atoms with van der Waals surface area (Å²) in [5.74, 6) is -1.17. The molecule has 1 saturated carbocycles. The van der Waals surface area contributed by atoms with Gasteiger partial charge in [0.05, 0.1) is 18.4 Å². The van der Waals surface area contributed by atoms with Gasteiger partial charge in [0, 0.05) is 11.8 Å². The molecule has 1 heterocycles. The molecule has 1 aliphatic carbocycles. The van der Waals surface area contributed by atoms with Crippen LogP contribution >= 0.6 is 0 Å². The minimum Gasteiger partial charge on any atom is -0.467 e. The van der Waals surface area contributed by atoms with E-state index in [-0.39, 0.29) is 11.7 Å². The van der Waals surface area contributed by atoms with Crippen molar-refractivity contribution in [3.8, 4) is 11.3 Å². The Hall–Kier alpha value is -2.76. The monoisotopic (exact) mass is 314 g/mol. The standard InChI is InChI=1S/C17H15FN2O3/c1-23-16(22)17(7-8-17)20-15(21)12-5-6-14(19-10-12)11-3-2-4-13(18)9-11/h2-6,9-10H,7-8H2,1H3,(H,20,21). The van der Waals surface area contributed by atoms with Crippen LogP contribution < -0.4 is 5.32 Å². The molecule has 1 aromatic heterocycles. The predicted octanol–water partition coefficient (Wildman–Crippen LogP) is 2.32. The summed E-state index contributed by atoms with van der Waals surface area (Å²) >= 11 is 0. The van der Waals surface area contributed by atoms with Crippen molar-refractivity contribution >= 4 is 11.9 Å². The zero-order valence-electron chi connectivity index (χ0n) is 12.5. The van der Waals surface area contributed by atoms with Gasteiger partial charge in [-0.1, -0.05) is 12.1 Å². The van der Waals surface area contributed by atoms with E-state index in [4.69, 9.17) is 4.74 Å². The minimum atomic E-state index is -0.896. The van der Waals surface area contributed by atoms with Gasteiger partial charge < -0.3 is 10.1 Å². The number of pyridine rings is 1. The molecule has 1 aromatic carbocycles. The van der Waals surface area contributed by atoms with E-state index in [1.165, 1.54) is 25.4 Å². The molecule has 0 unspecified atom stereocenters. The number of esters is 1. The molecule has 0 radical (unpaired) electrons. The lowest BCUT2D eigenvalue weighted by atomic mass is 10.1. The van der Waals surface area contributed by atoms with E-state index < -0.39 is 11.5 Å². The topological polar surface area (TPSA) is 68.3 Å². The van der Waals surface area contributed by atoms with E-state index in [2.05, 4.69) is 10.3 Å². The second-order valence-corrected chi connectivity index (χ2v) is 5.47. The second kappa shape index (κ2) is 5.79. The SMILES string of the molecule is COC(=O)C1(NC(=O)c2ccc(-c3cccc(F)c3)nc2)CC1.